The summed E-state index contributed by atoms with van der Waals surface area (Å²) < 4.78 is 6.49. The number of hydrogen-bond acceptors (Lipinski definition) is 5. The molecule has 2 bridgehead atoms. The lowest BCUT2D eigenvalue weighted by Crippen LogP contribution is -2.61. The lowest BCUT2D eigenvalue weighted by molar-refractivity contribution is -0.154. The van der Waals surface area contributed by atoms with Gasteiger partial charge < -0.3 is 24.5 Å². The van der Waals surface area contributed by atoms with E-state index in [4.69, 9.17) is 4.74 Å². The molecule has 1 N–H and O–H groups in total. The van der Waals surface area contributed by atoms with E-state index < -0.39 is 41.2 Å². The number of alkyl halides is 1. The summed E-state index contributed by atoms with van der Waals surface area (Å²) in [5.74, 6) is -2.27. The van der Waals surface area contributed by atoms with Gasteiger partial charge in [0.05, 0.1) is 30.6 Å². The van der Waals surface area contributed by atoms with Gasteiger partial charge in [0.25, 0.3) is 0 Å². The third-order valence-corrected chi connectivity index (χ3v) is 8.00. The summed E-state index contributed by atoms with van der Waals surface area (Å²) in [5.41, 5.74) is -1.67. The van der Waals surface area contributed by atoms with Crippen LogP contribution in [0.2, 0.25) is 0 Å². The smallest absolute Gasteiger partial charge is 0.249 e. The molecule has 3 saturated heterocycles. The Morgan fingerprint density at radius 3 is 2.42 bits per heavy atom. The maximum atomic E-state index is 14.1. The normalized spacial score (nSPS) is 33.6. The molecule has 33 heavy (non-hydrogen) atoms. The van der Waals surface area contributed by atoms with Gasteiger partial charge in [0.15, 0.2) is 0 Å². The molecule has 0 radical (unpaired) electrons. The molecule has 3 aliphatic rings. The van der Waals surface area contributed by atoms with E-state index >= 15 is 0 Å². The van der Waals surface area contributed by atoms with Crippen LogP contribution in [0.5, 0.6) is 0 Å². The number of ether oxygens (including phenoxy) is 1. The molecule has 3 unspecified atom stereocenters. The molecule has 8 nitrogen and oxygen atoms in total. The number of fused-ring (bicyclic) bond motifs is 1. The fourth-order valence-electron chi connectivity index (χ4n) is 5.70. The molecule has 0 aliphatic carbocycles. The van der Waals surface area contributed by atoms with Gasteiger partial charge in [-0.3, -0.25) is 14.4 Å². The Labute approximate surface area is 204 Å². The Balaban J connectivity index is 2.13. The van der Waals surface area contributed by atoms with Gasteiger partial charge in [-0.1, -0.05) is 28.1 Å². The van der Waals surface area contributed by atoms with Crippen molar-refractivity contribution < 1.29 is 24.2 Å². The monoisotopic (exact) mass is 525 g/mol. The fourth-order valence-corrected chi connectivity index (χ4v) is 6.64. The van der Waals surface area contributed by atoms with Gasteiger partial charge in [0.1, 0.15) is 11.6 Å². The summed E-state index contributed by atoms with van der Waals surface area (Å²) in [7, 11) is 1.67. The van der Waals surface area contributed by atoms with Crippen LogP contribution in [0.1, 0.15) is 34.1 Å². The molecule has 0 aromatic rings. The lowest BCUT2D eigenvalue weighted by Gasteiger charge is -2.43. The van der Waals surface area contributed by atoms with Gasteiger partial charge >= 0.3 is 0 Å². The average Bonchev–Trinajstić information content (AvgIpc) is 3.33. The summed E-state index contributed by atoms with van der Waals surface area (Å²) >= 11 is 3.67. The van der Waals surface area contributed by atoms with Crippen molar-refractivity contribution in [2.75, 3.05) is 26.7 Å². The summed E-state index contributed by atoms with van der Waals surface area (Å²) in [6.07, 6.45) is 3.21. The minimum atomic E-state index is -1.14. The first-order valence-electron chi connectivity index (χ1n) is 11.4. The van der Waals surface area contributed by atoms with Gasteiger partial charge in [0.2, 0.25) is 17.7 Å². The second-order valence-electron chi connectivity index (χ2n) is 10.4. The molecule has 3 amide bonds. The molecular formula is C24H36BrN3O5. The van der Waals surface area contributed by atoms with Crippen LogP contribution in [0, 0.1) is 11.8 Å². The number of likely N-dealkylation sites (N-methyl/N-ethyl adjacent to an activating group) is 1. The first-order valence-corrected chi connectivity index (χ1v) is 12.3. The zero-order valence-corrected chi connectivity index (χ0v) is 21.7. The average molecular weight is 526 g/mol. The number of aliphatic hydroxyl groups is 1. The van der Waals surface area contributed by atoms with E-state index in [0.717, 1.165) is 0 Å². The number of carbonyl (C=O) groups is 3. The number of carbonyl (C=O) groups excluding carboxylic acids is 3. The van der Waals surface area contributed by atoms with Gasteiger partial charge in [-0.2, -0.15) is 0 Å². The highest BCUT2D eigenvalue weighted by Crippen LogP contribution is 2.60. The lowest BCUT2D eigenvalue weighted by atomic mass is 9.70. The second-order valence-corrected chi connectivity index (χ2v) is 11.5. The number of nitrogens with zero attached hydrogens (tertiary/aromatic N) is 3. The third-order valence-electron chi connectivity index (χ3n) is 7.15. The Kier molecular flexibility index (Phi) is 7.18. The molecule has 3 rings (SSSR count). The minimum Gasteiger partial charge on any atom is -0.394 e. The van der Waals surface area contributed by atoms with Crippen LogP contribution in [0.4, 0.5) is 0 Å². The van der Waals surface area contributed by atoms with E-state index in [0.29, 0.717) is 19.5 Å². The van der Waals surface area contributed by atoms with Gasteiger partial charge in [-0.25, -0.2) is 0 Å². The fraction of sp³-hybridized carbons (Fsp3) is 0.708. The van der Waals surface area contributed by atoms with Gasteiger partial charge in [-0.15, -0.1) is 13.2 Å². The van der Waals surface area contributed by atoms with Gasteiger partial charge in [0, 0.05) is 30.5 Å². The number of aliphatic hydroxyl groups excluding tert-OH is 1. The van der Waals surface area contributed by atoms with Crippen LogP contribution >= 0.6 is 15.9 Å². The maximum absolute atomic E-state index is 14.1. The number of rotatable bonds is 8. The van der Waals surface area contributed by atoms with Crippen LogP contribution in [0.15, 0.2) is 25.3 Å². The Hall–Kier alpha value is -1.71. The zero-order valence-electron chi connectivity index (χ0n) is 20.2. The molecule has 3 fully saturated rings. The maximum Gasteiger partial charge on any atom is 0.249 e. The van der Waals surface area contributed by atoms with Gasteiger partial charge in [-0.05, 0) is 34.1 Å². The van der Waals surface area contributed by atoms with Crippen molar-refractivity contribution in [3.05, 3.63) is 25.3 Å². The van der Waals surface area contributed by atoms with Crippen LogP contribution < -0.4 is 0 Å². The Morgan fingerprint density at radius 2 is 1.91 bits per heavy atom. The SMILES string of the molecule is C=CCN(C)C(=O)[C@H]1[C@H]2C(=O)N([C@H](C)CO)C(C(=O)N(CC=C)C(C)(C)C)C23CC(Br)[C@@H]1O3. The van der Waals surface area contributed by atoms with Crippen molar-refractivity contribution in [2.45, 2.75) is 68.3 Å². The standard InChI is InChI=1S/C24H36BrN3O5/c1-8-10-26(7)20(30)16-17-21(31)28(14(3)13-29)19(24(17)12-15(25)18(16)33-24)22(32)27(11-9-2)23(4,5)6/h8-9,14-19,29H,1-2,10-13H2,3-7H3/t14-,15?,16+,17+,18+,19?,24?/m1/s1. The molecular weight excluding hydrogens is 490 g/mol. The highest BCUT2D eigenvalue weighted by Gasteiger charge is 2.77. The number of amides is 3. The Bertz CT molecular complexity index is 842. The summed E-state index contributed by atoms with van der Waals surface area (Å²) in [5, 5.41) is 9.96. The number of halogens is 1. The quantitative estimate of drug-likeness (QED) is 0.383. The molecule has 7 atom stereocenters. The van der Waals surface area contributed by atoms with E-state index in [-0.39, 0.29) is 29.2 Å². The van der Waals surface area contributed by atoms with E-state index in [1.807, 2.05) is 20.8 Å². The first-order chi connectivity index (χ1) is 15.4. The highest BCUT2D eigenvalue weighted by molar-refractivity contribution is 9.09. The largest absolute Gasteiger partial charge is 0.394 e. The number of likely N-dealkylation sites (tertiary alicyclic amines) is 1. The highest BCUT2D eigenvalue weighted by atomic mass is 79.9. The van der Waals surface area contributed by atoms with Crippen molar-refractivity contribution in [2.24, 2.45) is 11.8 Å². The van der Waals surface area contributed by atoms with Crippen molar-refractivity contribution in [3.8, 4) is 0 Å². The summed E-state index contributed by atoms with van der Waals surface area (Å²) in [6, 6.07) is -1.54. The van der Waals surface area contributed by atoms with Crippen LogP contribution in [0.25, 0.3) is 0 Å². The molecule has 184 valence electrons. The van der Waals surface area contributed by atoms with E-state index in [1.165, 1.54) is 9.80 Å². The molecule has 0 aromatic carbocycles. The van der Waals surface area contributed by atoms with Crippen molar-refractivity contribution in [3.63, 3.8) is 0 Å². The van der Waals surface area contributed by atoms with Crippen molar-refractivity contribution >= 4 is 33.7 Å². The molecule has 9 heteroatoms. The zero-order chi connectivity index (χ0) is 24.9. The minimum absolute atomic E-state index is 0.171. The van der Waals surface area contributed by atoms with E-state index in [1.54, 1.807) is 31.0 Å². The van der Waals surface area contributed by atoms with E-state index in [2.05, 4.69) is 29.1 Å². The van der Waals surface area contributed by atoms with Crippen LogP contribution in [-0.2, 0) is 19.1 Å². The third kappa shape index (κ3) is 3.96. The molecule has 3 aliphatic heterocycles. The first kappa shape index (κ1) is 25.9. The summed E-state index contributed by atoms with van der Waals surface area (Å²) in [6.45, 7) is 15.3. The van der Waals surface area contributed by atoms with Crippen LogP contribution in [0.3, 0.4) is 0 Å². The summed E-state index contributed by atoms with van der Waals surface area (Å²) in [4.78, 5) is 45.9. The predicted molar refractivity (Wildman–Crippen MR) is 129 cm³/mol. The van der Waals surface area contributed by atoms with Crippen molar-refractivity contribution in [1.82, 2.24) is 14.7 Å². The van der Waals surface area contributed by atoms with Crippen LogP contribution in [-0.4, -0.2) is 98.4 Å². The molecule has 0 saturated carbocycles. The second kappa shape index (κ2) is 9.15. The van der Waals surface area contributed by atoms with E-state index in [9.17, 15) is 19.5 Å². The molecule has 0 aromatic heterocycles. The topological polar surface area (TPSA) is 90.4 Å². The number of hydrogen-bond donors (Lipinski definition) is 1. The predicted octanol–water partition coefficient (Wildman–Crippen LogP) is 1.57. The molecule has 3 heterocycles. The molecule has 1 spiro atoms. The van der Waals surface area contributed by atoms with Crippen molar-refractivity contribution in [1.29, 1.82) is 0 Å². The Morgan fingerprint density at radius 1 is 1.30 bits per heavy atom.